The standard InChI is InChI=1S/C19H25N3S/c1-16-9-6-7-12-18(16)21-19(23)20-13-8-14-22(2)15-17-10-4-3-5-11-17/h3-7,9-12H,8,13-15H2,1-2H3,(H2,20,21,23)/p+1. The van der Waals surface area contributed by atoms with Gasteiger partial charge < -0.3 is 15.5 Å². The Labute approximate surface area is 144 Å². The maximum absolute atomic E-state index is 5.35. The summed E-state index contributed by atoms with van der Waals surface area (Å²) in [7, 11) is 2.23. The molecule has 0 fully saturated rings. The van der Waals surface area contributed by atoms with Gasteiger partial charge in [-0.25, -0.2) is 0 Å². The molecule has 0 aliphatic rings. The monoisotopic (exact) mass is 328 g/mol. The van der Waals surface area contributed by atoms with Gasteiger partial charge in [0.2, 0.25) is 0 Å². The van der Waals surface area contributed by atoms with Crippen LogP contribution in [0.5, 0.6) is 0 Å². The van der Waals surface area contributed by atoms with Crippen molar-refractivity contribution >= 4 is 23.0 Å². The number of anilines is 1. The van der Waals surface area contributed by atoms with E-state index in [1.54, 1.807) is 0 Å². The molecule has 0 saturated carbocycles. The highest BCUT2D eigenvalue weighted by Crippen LogP contribution is 2.12. The predicted molar refractivity (Wildman–Crippen MR) is 102 cm³/mol. The van der Waals surface area contributed by atoms with E-state index in [2.05, 4.69) is 61.0 Å². The van der Waals surface area contributed by atoms with Crippen molar-refractivity contribution in [2.45, 2.75) is 19.9 Å². The molecule has 3 N–H and O–H groups in total. The number of aryl methyl sites for hydroxylation is 1. The van der Waals surface area contributed by atoms with E-state index in [4.69, 9.17) is 12.2 Å². The van der Waals surface area contributed by atoms with Crippen molar-refractivity contribution in [2.24, 2.45) is 0 Å². The molecule has 122 valence electrons. The van der Waals surface area contributed by atoms with Crippen LogP contribution >= 0.6 is 12.2 Å². The first-order valence-corrected chi connectivity index (χ1v) is 8.51. The zero-order chi connectivity index (χ0) is 16.5. The Bertz CT molecular complexity index is 613. The Morgan fingerprint density at radius 1 is 1.04 bits per heavy atom. The fourth-order valence-corrected chi connectivity index (χ4v) is 2.72. The summed E-state index contributed by atoms with van der Waals surface area (Å²) in [5.74, 6) is 0. The van der Waals surface area contributed by atoms with Crippen LogP contribution in [-0.4, -0.2) is 25.2 Å². The summed E-state index contributed by atoms with van der Waals surface area (Å²) in [5.41, 5.74) is 3.65. The molecule has 3 nitrogen and oxygen atoms in total. The maximum Gasteiger partial charge on any atom is 0.170 e. The highest BCUT2D eigenvalue weighted by Gasteiger charge is 2.04. The zero-order valence-electron chi connectivity index (χ0n) is 13.9. The predicted octanol–water partition coefficient (Wildman–Crippen LogP) is 2.39. The molecule has 0 aromatic heterocycles. The topological polar surface area (TPSA) is 28.5 Å². The summed E-state index contributed by atoms with van der Waals surface area (Å²) in [6.07, 6.45) is 1.09. The van der Waals surface area contributed by atoms with Gasteiger partial charge in [0, 0.05) is 24.2 Å². The van der Waals surface area contributed by atoms with E-state index in [0.717, 1.165) is 31.7 Å². The number of para-hydroxylation sites is 1. The van der Waals surface area contributed by atoms with Crippen molar-refractivity contribution in [2.75, 3.05) is 25.5 Å². The zero-order valence-corrected chi connectivity index (χ0v) is 14.7. The molecule has 2 aromatic carbocycles. The van der Waals surface area contributed by atoms with Crippen molar-refractivity contribution in [3.8, 4) is 0 Å². The van der Waals surface area contributed by atoms with E-state index < -0.39 is 0 Å². The van der Waals surface area contributed by atoms with Crippen LogP contribution in [0.4, 0.5) is 5.69 Å². The van der Waals surface area contributed by atoms with Gasteiger partial charge in [-0.15, -0.1) is 0 Å². The molecule has 0 radical (unpaired) electrons. The lowest BCUT2D eigenvalue weighted by Crippen LogP contribution is -3.07. The molecule has 0 saturated heterocycles. The molecule has 23 heavy (non-hydrogen) atoms. The summed E-state index contributed by atoms with van der Waals surface area (Å²) < 4.78 is 0. The first kappa shape index (κ1) is 17.4. The number of hydrogen-bond donors (Lipinski definition) is 3. The molecule has 0 aliphatic heterocycles. The van der Waals surface area contributed by atoms with E-state index >= 15 is 0 Å². The molecule has 0 heterocycles. The molecule has 4 heteroatoms. The highest BCUT2D eigenvalue weighted by atomic mass is 32.1. The van der Waals surface area contributed by atoms with Crippen molar-refractivity contribution in [3.63, 3.8) is 0 Å². The molecular weight excluding hydrogens is 302 g/mol. The van der Waals surface area contributed by atoms with Crippen LogP contribution in [0.25, 0.3) is 0 Å². The summed E-state index contributed by atoms with van der Waals surface area (Å²) in [6, 6.07) is 18.8. The SMILES string of the molecule is Cc1ccccc1NC(=S)NCCC[NH+](C)Cc1ccccc1. The molecule has 1 unspecified atom stereocenters. The van der Waals surface area contributed by atoms with E-state index in [0.29, 0.717) is 5.11 Å². The first-order chi connectivity index (χ1) is 11.1. The average molecular weight is 329 g/mol. The third-order valence-corrected chi connectivity index (χ3v) is 4.05. The second kappa shape index (κ2) is 9.28. The summed E-state index contributed by atoms with van der Waals surface area (Å²) in [5, 5.41) is 7.23. The van der Waals surface area contributed by atoms with Crippen molar-refractivity contribution < 1.29 is 4.90 Å². The van der Waals surface area contributed by atoms with Gasteiger partial charge in [0.1, 0.15) is 6.54 Å². The summed E-state index contributed by atoms with van der Waals surface area (Å²) in [6.45, 7) is 5.15. The van der Waals surface area contributed by atoms with Gasteiger partial charge in [0.15, 0.2) is 5.11 Å². The fraction of sp³-hybridized carbons (Fsp3) is 0.316. The van der Waals surface area contributed by atoms with Crippen LogP contribution in [0.15, 0.2) is 54.6 Å². The minimum atomic E-state index is 0.694. The molecule has 2 aromatic rings. The van der Waals surface area contributed by atoms with Gasteiger partial charge in [0.05, 0.1) is 13.6 Å². The lowest BCUT2D eigenvalue weighted by Gasteiger charge is -2.15. The Kier molecular flexibility index (Phi) is 7.04. The number of nitrogens with one attached hydrogen (secondary N) is 3. The van der Waals surface area contributed by atoms with Gasteiger partial charge in [-0.05, 0) is 30.8 Å². The molecule has 0 spiro atoms. The van der Waals surface area contributed by atoms with Gasteiger partial charge in [0.25, 0.3) is 0 Å². The second-order valence-electron chi connectivity index (χ2n) is 5.92. The number of benzene rings is 2. The van der Waals surface area contributed by atoms with Crippen molar-refractivity contribution in [1.29, 1.82) is 0 Å². The minimum absolute atomic E-state index is 0.694. The number of thiocarbonyl (C=S) groups is 1. The van der Waals surface area contributed by atoms with Gasteiger partial charge in [-0.1, -0.05) is 48.5 Å². The Morgan fingerprint density at radius 2 is 1.74 bits per heavy atom. The Balaban J connectivity index is 1.63. The van der Waals surface area contributed by atoms with Crippen LogP contribution in [0.2, 0.25) is 0 Å². The molecule has 1 atom stereocenters. The largest absolute Gasteiger partial charge is 0.362 e. The average Bonchev–Trinajstić information content (AvgIpc) is 2.55. The number of quaternary nitrogens is 1. The molecule has 0 aliphatic carbocycles. The number of hydrogen-bond acceptors (Lipinski definition) is 1. The van der Waals surface area contributed by atoms with Gasteiger partial charge in [-0.3, -0.25) is 0 Å². The highest BCUT2D eigenvalue weighted by molar-refractivity contribution is 7.80. The molecule has 0 amide bonds. The quantitative estimate of drug-likeness (QED) is 0.538. The molecule has 0 bridgehead atoms. The molecular formula is C19H26N3S+. The van der Waals surface area contributed by atoms with Crippen LogP contribution in [0, 0.1) is 6.92 Å². The first-order valence-electron chi connectivity index (χ1n) is 8.11. The van der Waals surface area contributed by atoms with E-state index in [9.17, 15) is 0 Å². The smallest absolute Gasteiger partial charge is 0.170 e. The van der Waals surface area contributed by atoms with E-state index in [-0.39, 0.29) is 0 Å². The van der Waals surface area contributed by atoms with Gasteiger partial charge in [-0.2, -0.15) is 0 Å². The third kappa shape index (κ3) is 6.38. The maximum atomic E-state index is 5.35. The second-order valence-corrected chi connectivity index (χ2v) is 6.33. The lowest BCUT2D eigenvalue weighted by molar-refractivity contribution is -0.893. The summed E-state index contributed by atoms with van der Waals surface area (Å²) in [4.78, 5) is 1.51. The fourth-order valence-electron chi connectivity index (χ4n) is 2.50. The Morgan fingerprint density at radius 3 is 2.48 bits per heavy atom. The number of rotatable bonds is 7. The van der Waals surface area contributed by atoms with Crippen LogP contribution in [-0.2, 0) is 6.54 Å². The lowest BCUT2D eigenvalue weighted by atomic mass is 10.2. The van der Waals surface area contributed by atoms with Crippen LogP contribution < -0.4 is 15.5 Å². The Hall–Kier alpha value is -1.91. The van der Waals surface area contributed by atoms with Crippen LogP contribution in [0.3, 0.4) is 0 Å². The third-order valence-electron chi connectivity index (χ3n) is 3.81. The van der Waals surface area contributed by atoms with Crippen molar-refractivity contribution in [3.05, 3.63) is 65.7 Å². The minimum Gasteiger partial charge on any atom is -0.362 e. The normalized spacial score (nSPS) is 11.7. The van der Waals surface area contributed by atoms with Gasteiger partial charge >= 0.3 is 0 Å². The van der Waals surface area contributed by atoms with Crippen LogP contribution in [0.1, 0.15) is 17.5 Å². The van der Waals surface area contributed by atoms with Crippen molar-refractivity contribution in [1.82, 2.24) is 5.32 Å². The summed E-state index contributed by atoms with van der Waals surface area (Å²) >= 11 is 5.35. The molecule has 2 rings (SSSR count). The van der Waals surface area contributed by atoms with E-state index in [1.807, 2.05) is 18.2 Å². The van der Waals surface area contributed by atoms with E-state index in [1.165, 1.54) is 16.0 Å².